The molecule has 0 aliphatic rings. The molecule has 150 valence electrons. The highest BCUT2D eigenvalue weighted by molar-refractivity contribution is 5.91. The van der Waals surface area contributed by atoms with Gasteiger partial charge < -0.3 is 9.84 Å². The Kier molecular flexibility index (Phi) is 5.47. The highest BCUT2D eigenvalue weighted by Crippen LogP contribution is 2.19. The summed E-state index contributed by atoms with van der Waals surface area (Å²) in [7, 11) is 0. The van der Waals surface area contributed by atoms with Crippen LogP contribution in [0.15, 0.2) is 65.5 Å². The fourth-order valence-corrected chi connectivity index (χ4v) is 3.04. The monoisotopic (exact) mass is 400 g/mol. The summed E-state index contributed by atoms with van der Waals surface area (Å²) in [5, 5.41) is 11.2. The van der Waals surface area contributed by atoms with Crippen molar-refractivity contribution in [3.8, 4) is 17.1 Å². The van der Waals surface area contributed by atoms with Crippen molar-refractivity contribution in [2.45, 2.75) is 20.4 Å². The topological polar surface area (TPSA) is 98.7 Å². The van der Waals surface area contributed by atoms with Crippen molar-refractivity contribution < 1.29 is 9.32 Å². The molecule has 30 heavy (non-hydrogen) atoms. The van der Waals surface area contributed by atoms with Gasteiger partial charge in [-0.1, -0.05) is 23.4 Å². The van der Waals surface area contributed by atoms with Crippen LogP contribution in [0.4, 0.5) is 0 Å². The van der Waals surface area contributed by atoms with Crippen molar-refractivity contribution in [2.75, 3.05) is 0 Å². The molecule has 0 aliphatic heterocycles. The van der Waals surface area contributed by atoms with Gasteiger partial charge >= 0.3 is 0 Å². The van der Waals surface area contributed by atoms with Crippen LogP contribution in [0, 0.1) is 13.8 Å². The van der Waals surface area contributed by atoms with Crippen LogP contribution in [0.25, 0.3) is 23.2 Å². The number of nitrogens with one attached hydrogen (secondary N) is 1. The molecule has 0 radical (unpaired) electrons. The first-order chi connectivity index (χ1) is 14.6. The lowest BCUT2D eigenvalue weighted by atomic mass is 10.2. The number of nitrogens with zero attached hydrogens (tertiary/aromatic N) is 5. The summed E-state index contributed by atoms with van der Waals surface area (Å²) >= 11 is 0. The average Bonchev–Trinajstić information content (AvgIpc) is 3.37. The molecule has 8 nitrogen and oxygen atoms in total. The second-order valence-corrected chi connectivity index (χ2v) is 6.63. The van der Waals surface area contributed by atoms with Gasteiger partial charge in [0.2, 0.25) is 17.6 Å². The standard InChI is InChI=1S/C22H20N6O2/c1-15-19(16(2)28(26-15)18-6-4-3-5-7-18)8-9-20(29)24-14-21-25-22(27-30-21)17-10-12-23-13-11-17/h3-13H,14H2,1-2H3,(H,24,29)/b9-8+. The van der Waals surface area contributed by atoms with E-state index < -0.39 is 0 Å². The van der Waals surface area contributed by atoms with Crippen molar-refractivity contribution in [3.05, 3.63) is 83.8 Å². The van der Waals surface area contributed by atoms with Gasteiger partial charge in [-0.3, -0.25) is 9.78 Å². The molecule has 0 fully saturated rings. The molecule has 1 aromatic carbocycles. The molecule has 0 atom stereocenters. The third kappa shape index (κ3) is 4.17. The fourth-order valence-electron chi connectivity index (χ4n) is 3.04. The van der Waals surface area contributed by atoms with Crippen molar-refractivity contribution >= 4 is 12.0 Å². The van der Waals surface area contributed by atoms with E-state index in [2.05, 4.69) is 25.5 Å². The summed E-state index contributed by atoms with van der Waals surface area (Å²) in [5.41, 5.74) is 4.49. The molecular formula is C22H20N6O2. The van der Waals surface area contributed by atoms with Crippen LogP contribution < -0.4 is 5.32 Å². The molecule has 0 unspecified atom stereocenters. The molecular weight excluding hydrogens is 380 g/mol. The fraction of sp³-hybridized carbons (Fsp3) is 0.136. The van der Waals surface area contributed by atoms with Crippen LogP contribution in [-0.4, -0.2) is 30.8 Å². The molecule has 0 saturated heterocycles. The average molecular weight is 400 g/mol. The quantitative estimate of drug-likeness (QED) is 0.499. The maximum Gasteiger partial charge on any atom is 0.246 e. The number of hydrogen-bond acceptors (Lipinski definition) is 6. The minimum atomic E-state index is -0.259. The molecule has 4 rings (SSSR count). The number of pyridine rings is 1. The summed E-state index contributed by atoms with van der Waals surface area (Å²) in [6.07, 6.45) is 6.55. The van der Waals surface area contributed by atoms with Crippen molar-refractivity contribution in [1.82, 2.24) is 30.2 Å². The van der Waals surface area contributed by atoms with Crippen LogP contribution >= 0.6 is 0 Å². The lowest BCUT2D eigenvalue weighted by Crippen LogP contribution is -2.20. The van der Waals surface area contributed by atoms with E-state index in [1.807, 2.05) is 48.9 Å². The first-order valence-electron chi connectivity index (χ1n) is 9.42. The van der Waals surface area contributed by atoms with Crippen LogP contribution in [0.2, 0.25) is 0 Å². The number of carbonyl (C=O) groups excluding carboxylic acids is 1. The molecule has 3 heterocycles. The lowest BCUT2D eigenvalue weighted by Gasteiger charge is -2.03. The summed E-state index contributed by atoms with van der Waals surface area (Å²) in [6.45, 7) is 4.04. The number of rotatable bonds is 6. The molecule has 8 heteroatoms. The number of aromatic nitrogens is 5. The first-order valence-corrected chi connectivity index (χ1v) is 9.42. The van der Waals surface area contributed by atoms with Crippen LogP contribution in [0.3, 0.4) is 0 Å². The third-order valence-electron chi connectivity index (χ3n) is 4.57. The second-order valence-electron chi connectivity index (χ2n) is 6.63. The van der Waals surface area contributed by atoms with Gasteiger partial charge in [0.25, 0.3) is 0 Å². The Hall–Kier alpha value is -4.07. The van der Waals surface area contributed by atoms with E-state index in [1.165, 1.54) is 6.08 Å². The summed E-state index contributed by atoms with van der Waals surface area (Å²) < 4.78 is 7.06. The number of amides is 1. The van der Waals surface area contributed by atoms with E-state index in [4.69, 9.17) is 4.52 Å². The molecule has 4 aromatic rings. The van der Waals surface area contributed by atoms with Crippen LogP contribution in [0.5, 0.6) is 0 Å². The predicted molar refractivity (Wildman–Crippen MR) is 111 cm³/mol. The van der Waals surface area contributed by atoms with E-state index in [1.54, 1.807) is 30.6 Å². The minimum absolute atomic E-state index is 0.141. The highest BCUT2D eigenvalue weighted by Gasteiger charge is 2.12. The van der Waals surface area contributed by atoms with Gasteiger partial charge in [0.15, 0.2) is 0 Å². The van der Waals surface area contributed by atoms with E-state index in [0.29, 0.717) is 11.7 Å². The molecule has 0 bridgehead atoms. The Morgan fingerprint density at radius 1 is 1.13 bits per heavy atom. The van der Waals surface area contributed by atoms with Crippen LogP contribution in [-0.2, 0) is 11.3 Å². The van der Waals surface area contributed by atoms with Gasteiger partial charge in [0, 0.05) is 35.3 Å². The van der Waals surface area contributed by atoms with E-state index >= 15 is 0 Å². The van der Waals surface area contributed by atoms with Gasteiger partial charge in [-0.05, 0) is 44.2 Å². The summed E-state index contributed by atoms with van der Waals surface area (Å²) in [5.74, 6) is 0.523. The summed E-state index contributed by atoms with van der Waals surface area (Å²) in [4.78, 5) is 20.5. The zero-order valence-electron chi connectivity index (χ0n) is 16.6. The summed E-state index contributed by atoms with van der Waals surface area (Å²) in [6, 6.07) is 13.4. The third-order valence-corrected chi connectivity index (χ3v) is 4.57. The van der Waals surface area contributed by atoms with Crippen molar-refractivity contribution in [3.63, 3.8) is 0 Å². The Balaban J connectivity index is 1.40. The lowest BCUT2D eigenvalue weighted by molar-refractivity contribution is -0.116. The van der Waals surface area contributed by atoms with Crippen molar-refractivity contribution in [2.24, 2.45) is 0 Å². The Labute approximate surface area is 173 Å². The molecule has 1 amide bonds. The van der Waals surface area contributed by atoms with Gasteiger partial charge in [-0.15, -0.1) is 0 Å². The molecule has 1 N–H and O–H groups in total. The number of aryl methyl sites for hydroxylation is 1. The number of carbonyl (C=O) groups is 1. The van der Waals surface area contributed by atoms with E-state index in [-0.39, 0.29) is 12.5 Å². The van der Waals surface area contributed by atoms with Gasteiger partial charge in [-0.25, -0.2) is 4.68 Å². The maximum atomic E-state index is 12.2. The van der Waals surface area contributed by atoms with E-state index in [9.17, 15) is 4.79 Å². The number of para-hydroxylation sites is 1. The normalized spacial score (nSPS) is 11.1. The first kappa shape index (κ1) is 19.3. The Morgan fingerprint density at radius 3 is 2.67 bits per heavy atom. The largest absolute Gasteiger partial charge is 0.343 e. The zero-order chi connectivity index (χ0) is 20.9. The maximum absolute atomic E-state index is 12.2. The molecule has 0 saturated carbocycles. The minimum Gasteiger partial charge on any atom is -0.343 e. The van der Waals surface area contributed by atoms with E-state index in [0.717, 1.165) is 28.2 Å². The van der Waals surface area contributed by atoms with Crippen molar-refractivity contribution in [1.29, 1.82) is 0 Å². The second kappa shape index (κ2) is 8.52. The smallest absolute Gasteiger partial charge is 0.246 e. The number of benzene rings is 1. The predicted octanol–water partition coefficient (Wildman–Crippen LogP) is 3.26. The number of hydrogen-bond donors (Lipinski definition) is 1. The zero-order valence-corrected chi connectivity index (χ0v) is 16.6. The highest BCUT2D eigenvalue weighted by atomic mass is 16.5. The van der Waals surface area contributed by atoms with Gasteiger partial charge in [0.05, 0.1) is 17.9 Å². The van der Waals surface area contributed by atoms with Gasteiger partial charge in [0.1, 0.15) is 0 Å². The Morgan fingerprint density at radius 2 is 1.90 bits per heavy atom. The SMILES string of the molecule is Cc1nn(-c2ccccc2)c(C)c1/C=C/C(=O)NCc1nc(-c2ccncc2)no1. The molecule has 3 aromatic heterocycles. The molecule has 0 spiro atoms. The van der Waals surface area contributed by atoms with Gasteiger partial charge in [-0.2, -0.15) is 10.1 Å². The molecule has 0 aliphatic carbocycles. The van der Waals surface area contributed by atoms with Crippen LogP contribution in [0.1, 0.15) is 22.8 Å². The Bertz CT molecular complexity index is 1180.